The van der Waals surface area contributed by atoms with E-state index >= 15 is 0 Å². The Bertz CT molecular complexity index is 404. The zero-order valence-corrected chi connectivity index (χ0v) is 22.4. The number of hydrogen-bond acceptors (Lipinski definition) is 3. The van der Waals surface area contributed by atoms with Crippen molar-refractivity contribution in [2.45, 2.75) is 166 Å². The molecule has 2 saturated carbocycles. The Balaban J connectivity index is 0.000000339. The van der Waals surface area contributed by atoms with Crippen molar-refractivity contribution in [1.29, 1.82) is 0 Å². The van der Waals surface area contributed by atoms with Gasteiger partial charge in [-0.2, -0.15) is 11.8 Å². The molecule has 0 unspecified atom stereocenters. The molecule has 1 atom stereocenters. The number of carbonyl (C=O) groups excluding carboxylic acids is 1. The molecule has 0 spiro atoms. The van der Waals surface area contributed by atoms with Crippen molar-refractivity contribution in [2.75, 3.05) is 5.75 Å². The SMILES string of the molecule is C1CCC([NH2+]C2CCCCC2)CC1.CCCCCCCC[C@@H](SCCCCCC)C(=O)[O-]. The van der Waals surface area contributed by atoms with Crippen LogP contribution < -0.4 is 10.4 Å². The highest BCUT2D eigenvalue weighted by molar-refractivity contribution is 8.00. The second-order valence-electron chi connectivity index (χ2n) is 10.3. The van der Waals surface area contributed by atoms with Crippen LogP contribution in [0, 0.1) is 0 Å². The van der Waals surface area contributed by atoms with E-state index in [0.717, 1.165) is 37.1 Å². The molecule has 32 heavy (non-hydrogen) atoms. The van der Waals surface area contributed by atoms with E-state index in [1.165, 1.54) is 116 Å². The molecule has 0 amide bonds. The van der Waals surface area contributed by atoms with Gasteiger partial charge in [0.05, 0.1) is 18.1 Å². The lowest BCUT2D eigenvalue weighted by molar-refractivity contribution is -0.725. The Labute approximate surface area is 204 Å². The molecule has 0 bridgehead atoms. The molecule has 2 aliphatic rings. The van der Waals surface area contributed by atoms with Crippen molar-refractivity contribution < 1.29 is 15.2 Å². The summed E-state index contributed by atoms with van der Waals surface area (Å²) >= 11 is 1.59. The first-order valence-corrected chi connectivity index (χ1v) is 15.4. The average Bonchev–Trinajstić information content (AvgIpc) is 2.81. The van der Waals surface area contributed by atoms with Crippen LogP contribution in [0.5, 0.6) is 0 Å². The maximum atomic E-state index is 11.1. The molecule has 0 aliphatic heterocycles. The van der Waals surface area contributed by atoms with Gasteiger partial charge < -0.3 is 15.2 Å². The normalized spacial score (nSPS) is 18.7. The summed E-state index contributed by atoms with van der Waals surface area (Å²) in [4.78, 5) is 11.1. The van der Waals surface area contributed by atoms with E-state index in [9.17, 15) is 9.90 Å². The molecule has 3 nitrogen and oxygen atoms in total. The second kappa shape index (κ2) is 21.3. The minimum Gasteiger partial charge on any atom is -0.549 e. The minimum atomic E-state index is -0.867. The third kappa shape index (κ3) is 16.4. The summed E-state index contributed by atoms with van der Waals surface area (Å²) in [5.74, 6) is 0.100. The van der Waals surface area contributed by atoms with Gasteiger partial charge >= 0.3 is 0 Å². The second-order valence-corrected chi connectivity index (χ2v) is 11.6. The Kier molecular flexibility index (Phi) is 19.9. The van der Waals surface area contributed by atoms with Crippen LogP contribution >= 0.6 is 11.8 Å². The standard InChI is InChI=1S/C16H32O2S.C12H23N/c1-3-5-7-9-10-11-13-15(16(17)18)19-14-12-8-6-4-2;1-3-7-11(8-4-1)13-12-9-5-2-6-10-12/h15H,3-14H2,1-2H3,(H,17,18);11-13H,1-10H2/t15-;/m1./s1. The van der Waals surface area contributed by atoms with E-state index < -0.39 is 5.97 Å². The Morgan fingerprint density at radius 2 is 1.22 bits per heavy atom. The molecule has 0 aromatic rings. The average molecular weight is 470 g/mol. The van der Waals surface area contributed by atoms with Gasteiger partial charge in [-0.15, -0.1) is 0 Å². The lowest BCUT2D eigenvalue weighted by Crippen LogP contribution is -2.95. The summed E-state index contributed by atoms with van der Waals surface area (Å²) in [5.41, 5.74) is 0. The third-order valence-corrected chi connectivity index (χ3v) is 8.60. The van der Waals surface area contributed by atoms with Gasteiger partial charge in [0.25, 0.3) is 0 Å². The highest BCUT2D eigenvalue weighted by atomic mass is 32.2. The summed E-state index contributed by atoms with van der Waals surface area (Å²) in [6, 6.07) is 1.99. The van der Waals surface area contributed by atoms with Crippen LogP contribution in [-0.2, 0) is 4.79 Å². The third-order valence-electron chi connectivity index (χ3n) is 7.24. The van der Waals surface area contributed by atoms with Crippen LogP contribution in [0.4, 0.5) is 0 Å². The van der Waals surface area contributed by atoms with Crippen LogP contribution in [0.3, 0.4) is 0 Å². The van der Waals surface area contributed by atoms with E-state index in [-0.39, 0.29) is 5.25 Å². The number of unbranched alkanes of at least 4 members (excludes halogenated alkanes) is 8. The summed E-state index contributed by atoms with van der Waals surface area (Å²) in [5, 5.41) is 13.5. The number of hydrogen-bond donors (Lipinski definition) is 1. The van der Waals surface area contributed by atoms with Crippen molar-refractivity contribution in [3.05, 3.63) is 0 Å². The molecule has 0 radical (unpaired) electrons. The zero-order chi connectivity index (χ0) is 23.3. The molecule has 0 aromatic heterocycles. The van der Waals surface area contributed by atoms with Crippen LogP contribution in [-0.4, -0.2) is 29.1 Å². The van der Waals surface area contributed by atoms with Crippen molar-refractivity contribution in [3.63, 3.8) is 0 Å². The highest BCUT2D eigenvalue weighted by Crippen LogP contribution is 2.20. The maximum Gasteiger partial charge on any atom is 0.0861 e. The predicted molar refractivity (Wildman–Crippen MR) is 139 cm³/mol. The Morgan fingerprint density at radius 1 is 0.750 bits per heavy atom. The van der Waals surface area contributed by atoms with Gasteiger partial charge in [0.1, 0.15) is 0 Å². The maximum absolute atomic E-state index is 11.1. The largest absolute Gasteiger partial charge is 0.549 e. The highest BCUT2D eigenvalue weighted by Gasteiger charge is 2.22. The van der Waals surface area contributed by atoms with E-state index in [1.807, 2.05) is 0 Å². The molecular weight excluding hydrogens is 414 g/mol. The monoisotopic (exact) mass is 469 g/mol. The first-order valence-electron chi connectivity index (χ1n) is 14.3. The predicted octanol–water partition coefficient (Wildman–Crippen LogP) is 6.38. The molecular formula is C28H55NO2S. The van der Waals surface area contributed by atoms with E-state index in [4.69, 9.17) is 0 Å². The number of aliphatic carboxylic acids is 1. The van der Waals surface area contributed by atoms with Crippen LogP contribution in [0.2, 0.25) is 0 Å². The first-order chi connectivity index (χ1) is 15.7. The van der Waals surface area contributed by atoms with Gasteiger partial charge in [-0.1, -0.05) is 84.5 Å². The Morgan fingerprint density at radius 3 is 1.72 bits per heavy atom. The number of carboxylic acids is 1. The van der Waals surface area contributed by atoms with Gasteiger partial charge in [-0.3, -0.25) is 0 Å². The van der Waals surface area contributed by atoms with Crippen LogP contribution in [0.25, 0.3) is 0 Å². The molecule has 0 heterocycles. The van der Waals surface area contributed by atoms with E-state index in [1.54, 1.807) is 11.8 Å². The summed E-state index contributed by atoms with van der Waals surface area (Å²) in [7, 11) is 0. The van der Waals surface area contributed by atoms with Crippen LogP contribution in [0.15, 0.2) is 0 Å². The number of thioether (sulfide) groups is 1. The number of carboxylic acid groups (broad SMARTS) is 1. The summed E-state index contributed by atoms with van der Waals surface area (Å²) in [6.07, 6.45) is 27.9. The molecule has 2 rings (SSSR count). The van der Waals surface area contributed by atoms with Gasteiger partial charge in [0.2, 0.25) is 0 Å². The fourth-order valence-corrected chi connectivity index (χ4v) is 6.30. The van der Waals surface area contributed by atoms with Crippen molar-refractivity contribution in [2.24, 2.45) is 0 Å². The Hall–Kier alpha value is -0.220. The zero-order valence-electron chi connectivity index (χ0n) is 21.6. The van der Waals surface area contributed by atoms with Crippen LogP contribution in [0.1, 0.15) is 149 Å². The van der Waals surface area contributed by atoms with Gasteiger partial charge in [-0.25, -0.2) is 0 Å². The van der Waals surface area contributed by atoms with Crippen molar-refractivity contribution >= 4 is 17.7 Å². The number of rotatable bonds is 16. The van der Waals surface area contributed by atoms with E-state index in [2.05, 4.69) is 19.2 Å². The van der Waals surface area contributed by atoms with Gasteiger partial charge in [0.15, 0.2) is 0 Å². The topological polar surface area (TPSA) is 56.7 Å². The van der Waals surface area contributed by atoms with E-state index in [0.29, 0.717) is 0 Å². The molecule has 2 fully saturated rings. The first kappa shape index (κ1) is 29.8. The lowest BCUT2D eigenvalue weighted by Gasteiger charge is -2.27. The summed E-state index contributed by atoms with van der Waals surface area (Å²) in [6.45, 7) is 4.40. The lowest BCUT2D eigenvalue weighted by atomic mass is 9.91. The number of quaternary nitrogens is 1. The molecule has 0 saturated heterocycles. The number of nitrogens with two attached hydrogens (primary N) is 1. The quantitative estimate of drug-likeness (QED) is 0.267. The molecule has 2 N–H and O–H groups in total. The van der Waals surface area contributed by atoms with Gasteiger partial charge in [-0.05, 0) is 70.0 Å². The minimum absolute atomic E-state index is 0.284. The molecule has 4 heteroatoms. The fourth-order valence-electron chi connectivity index (χ4n) is 5.17. The molecule has 0 aromatic carbocycles. The molecule has 2 aliphatic carbocycles. The smallest absolute Gasteiger partial charge is 0.0861 e. The fraction of sp³-hybridized carbons (Fsp3) is 0.964. The van der Waals surface area contributed by atoms with Crippen molar-refractivity contribution in [3.8, 4) is 0 Å². The van der Waals surface area contributed by atoms with Gasteiger partial charge in [0, 0.05) is 5.25 Å². The summed E-state index contributed by atoms with van der Waals surface area (Å²) < 4.78 is 0. The van der Waals surface area contributed by atoms with Crippen molar-refractivity contribution in [1.82, 2.24) is 0 Å². The molecule has 190 valence electrons. The number of carbonyl (C=O) groups is 1.